The van der Waals surface area contributed by atoms with E-state index < -0.39 is 70.4 Å². The number of carbonyl (C=O) groups excluding carboxylic acids is 6. The van der Waals surface area contributed by atoms with E-state index in [0.717, 1.165) is 5.56 Å². The molecule has 2 aromatic carbocycles. The van der Waals surface area contributed by atoms with Crippen molar-refractivity contribution >= 4 is 35.0 Å². The predicted molar refractivity (Wildman–Crippen MR) is 180 cm³/mol. The lowest BCUT2D eigenvalue weighted by Gasteiger charge is -2.52. The second kappa shape index (κ2) is 14.0. The van der Waals surface area contributed by atoms with Crippen LogP contribution in [-0.2, 0) is 41.7 Å². The van der Waals surface area contributed by atoms with Gasteiger partial charge in [-0.25, -0.2) is 0 Å². The number of Topliss-reactive ketones (excluding diaryl/α,β-unsaturated/α-hetero) is 4. The van der Waals surface area contributed by atoms with Gasteiger partial charge in [-0.3, -0.25) is 33.7 Å². The van der Waals surface area contributed by atoms with E-state index in [1.165, 1.54) is 32.2 Å². The Morgan fingerprint density at radius 3 is 2.38 bits per heavy atom. The van der Waals surface area contributed by atoms with Gasteiger partial charge >= 0.3 is 5.97 Å². The second-order valence-corrected chi connectivity index (χ2v) is 14.1. The van der Waals surface area contributed by atoms with Crippen LogP contribution in [0.25, 0.3) is 11.1 Å². The first-order valence-corrected chi connectivity index (χ1v) is 16.8. The molecule has 0 radical (unpaired) electrons. The molecule has 13 heteroatoms. The number of fused-ring (bicyclic) bond motifs is 3. The van der Waals surface area contributed by atoms with E-state index in [4.69, 9.17) is 15.2 Å². The van der Waals surface area contributed by atoms with E-state index in [0.29, 0.717) is 35.4 Å². The molecule has 0 aromatic heterocycles. The van der Waals surface area contributed by atoms with Crippen LogP contribution in [0.5, 0.6) is 11.5 Å². The average Bonchev–Trinajstić information content (AvgIpc) is 3.04. The number of nitrogens with one attached hydrogen (secondary N) is 1. The number of likely N-dealkylation sites (N-methyl/N-ethyl adjacent to an activating group) is 1. The molecule has 0 saturated heterocycles. The largest absolute Gasteiger partial charge is 0.507 e. The smallest absolute Gasteiger partial charge is 0.323 e. The van der Waals surface area contributed by atoms with Crippen LogP contribution in [0.3, 0.4) is 0 Å². The Hall–Kier alpha value is -4.46. The SMILES string of the molecule is CCOC(=O)C(CC(C)C)NCc1ccc(OC)c(-c2ccc(O)c3c2C[C@H]2C[C@H]4[C@H](N(C)C)C(=O)C(C(N)=O)C(=O)[C@@]4(O)C(=O)C2C3=O)c1. The van der Waals surface area contributed by atoms with E-state index in [9.17, 15) is 39.0 Å². The van der Waals surface area contributed by atoms with Crippen molar-refractivity contribution in [3.63, 3.8) is 0 Å². The molecule has 268 valence electrons. The second-order valence-electron chi connectivity index (χ2n) is 14.1. The number of aromatic hydroxyl groups is 1. The fraction of sp³-hybridized carbons (Fsp3) is 0.514. The molecule has 0 spiro atoms. The van der Waals surface area contributed by atoms with Gasteiger partial charge in [0.05, 0.1) is 31.2 Å². The summed E-state index contributed by atoms with van der Waals surface area (Å²) in [5, 5.41) is 26.2. The number of ketones is 4. The summed E-state index contributed by atoms with van der Waals surface area (Å²) < 4.78 is 11.0. The van der Waals surface area contributed by atoms with Crippen molar-refractivity contribution in [1.29, 1.82) is 0 Å². The molecule has 1 amide bonds. The molecule has 7 atom stereocenters. The number of nitrogens with two attached hydrogens (primary N) is 1. The third kappa shape index (κ3) is 6.11. The van der Waals surface area contributed by atoms with Gasteiger partial charge in [0, 0.05) is 18.0 Å². The maximum atomic E-state index is 14.2. The standard InChI is InChI=1S/C37H45N3O10/c1-7-50-36(47)24(12-17(2)3)39-16-18-8-11-26(49-6)21(13-18)20-9-10-25(41)28-22(20)14-19-15-23-30(40(4)5)32(43)29(35(38)46)34(45)37(23,48)33(44)27(19)31(28)42/h8-11,13,17,19,23-24,27,29-30,39,41,48H,7,12,14-16H2,1-6H3,(H2,38,46)/t19-,23-,24?,27?,29?,30-,37-/m0/s1. The van der Waals surface area contributed by atoms with Gasteiger partial charge < -0.3 is 30.7 Å². The van der Waals surface area contributed by atoms with E-state index in [1.807, 2.05) is 26.0 Å². The van der Waals surface area contributed by atoms with Crippen LogP contribution >= 0.6 is 0 Å². The van der Waals surface area contributed by atoms with Gasteiger partial charge in [-0.05, 0) is 87.0 Å². The molecule has 50 heavy (non-hydrogen) atoms. The molecule has 0 aliphatic heterocycles. The number of phenolic OH excluding ortho intramolecular Hbond substituents is 1. The van der Waals surface area contributed by atoms with Gasteiger partial charge in [-0.2, -0.15) is 0 Å². The molecule has 3 unspecified atom stereocenters. The molecule has 2 fully saturated rings. The zero-order valence-electron chi connectivity index (χ0n) is 29.1. The number of phenols is 1. The fourth-order valence-electron chi connectivity index (χ4n) is 8.15. The normalized spacial score (nSPS) is 26.7. The fourth-order valence-corrected chi connectivity index (χ4v) is 8.15. The number of esters is 1. The number of benzene rings is 2. The molecule has 13 nitrogen and oxygen atoms in total. The molecule has 3 aliphatic rings. The van der Waals surface area contributed by atoms with Gasteiger partial charge in [-0.15, -0.1) is 0 Å². The van der Waals surface area contributed by atoms with Crippen LogP contribution in [0.15, 0.2) is 30.3 Å². The van der Waals surface area contributed by atoms with E-state index in [1.54, 1.807) is 19.1 Å². The highest BCUT2D eigenvalue weighted by Crippen LogP contribution is 2.52. The maximum absolute atomic E-state index is 14.2. The zero-order valence-corrected chi connectivity index (χ0v) is 29.1. The van der Waals surface area contributed by atoms with E-state index in [-0.39, 0.29) is 42.6 Å². The van der Waals surface area contributed by atoms with Gasteiger partial charge in [0.15, 0.2) is 34.7 Å². The third-order valence-electron chi connectivity index (χ3n) is 10.3. The van der Waals surface area contributed by atoms with Gasteiger partial charge in [-0.1, -0.05) is 26.0 Å². The number of carbonyl (C=O) groups is 6. The first-order chi connectivity index (χ1) is 23.6. The highest BCUT2D eigenvalue weighted by molar-refractivity contribution is 6.32. The minimum Gasteiger partial charge on any atom is -0.507 e. The van der Waals surface area contributed by atoms with Crippen LogP contribution in [-0.4, -0.2) is 95.6 Å². The van der Waals surface area contributed by atoms with Crippen LogP contribution in [0.4, 0.5) is 0 Å². The minimum atomic E-state index is -2.80. The summed E-state index contributed by atoms with van der Waals surface area (Å²) >= 11 is 0. The lowest BCUT2D eigenvalue weighted by Crippen LogP contribution is -2.74. The van der Waals surface area contributed by atoms with Crippen molar-refractivity contribution in [3.8, 4) is 22.6 Å². The summed E-state index contributed by atoms with van der Waals surface area (Å²) in [7, 11) is 4.58. The third-order valence-corrected chi connectivity index (χ3v) is 10.3. The Kier molecular flexibility index (Phi) is 10.3. The van der Waals surface area contributed by atoms with Crippen LogP contribution < -0.4 is 15.8 Å². The quantitative estimate of drug-likeness (QED) is 0.196. The molecule has 0 bridgehead atoms. The molecular weight excluding hydrogens is 646 g/mol. The summed E-state index contributed by atoms with van der Waals surface area (Å²) in [5.41, 5.74) is 4.91. The monoisotopic (exact) mass is 691 g/mol. The van der Waals surface area contributed by atoms with Gasteiger partial charge in [0.1, 0.15) is 17.5 Å². The molecule has 0 heterocycles. The number of amides is 1. The van der Waals surface area contributed by atoms with Crippen LogP contribution in [0, 0.1) is 29.6 Å². The average molecular weight is 692 g/mol. The number of rotatable bonds is 11. The summed E-state index contributed by atoms with van der Waals surface area (Å²) in [6, 6.07) is 6.76. The maximum Gasteiger partial charge on any atom is 0.323 e. The van der Waals surface area contributed by atoms with Crippen molar-refractivity contribution in [1.82, 2.24) is 10.2 Å². The lowest BCUT2D eigenvalue weighted by atomic mass is 9.52. The summed E-state index contributed by atoms with van der Waals surface area (Å²) in [4.78, 5) is 81.7. The van der Waals surface area contributed by atoms with Crippen molar-refractivity contribution < 1.29 is 48.5 Å². The number of primary amides is 1. The Morgan fingerprint density at radius 1 is 1.08 bits per heavy atom. The topological polar surface area (TPSA) is 203 Å². The van der Waals surface area contributed by atoms with Crippen molar-refractivity contribution in [2.24, 2.45) is 35.3 Å². The molecule has 5 N–H and O–H groups in total. The number of methoxy groups -OCH3 is 1. The van der Waals surface area contributed by atoms with E-state index in [2.05, 4.69) is 5.32 Å². The Bertz CT molecular complexity index is 1750. The van der Waals surface area contributed by atoms with Gasteiger partial charge in [0.25, 0.3) is 0 Å². The zero-order chi connectivity index (χ0) is 36.8. The van der Waals surface area contributed by atoms with Crippen molar-refractivity contribution in [2.45, 2.75) is 64.3 Å². The first-order valence-electron chi connectivity index (χ1n) is 16.8. The summed E-state index contributed by atoms with van der Waals surface area (Å²) in [6.45, 7) is 6.36. The minimum absolute atomic E-state index is 0.0643. The van der Waals surface area contributed by atoms with E-state index >= 15 is 0 Å². The van der Waals surface area contributed by atoms with Crippen molar-refractivity contribution in [3.05, 3.63) is 47.0 Å². The lowest BCUT2D eigenvalue weighted by molar-refractivity contribution is -0.181. The summed E-state index contributed by atoms with van der Waals surface area (Å²) in [6.07, 6.45) is 0.605. The Labute approximate surface area is 290 Å². The molecule has 2 aromatic rings. The molecular formula is C37H45N3O10. The molecule has 2 saturated carbocycles. The first kappa shape index (κ1) is 36.8. The highest BCUT2D eigenvalue weighted by atomic mass is 16.5. The molecule has 5 rings (SSSR count). The molecule has 3 aliphatic carbocycles. The summed E-state index contributed by atoms with van der Waals surface area (Å²) in [5.74, 6) is -10.8. The number of hydrogen-bond acceptors (Lipinski definition) is 12. The Morgan fingerprint density at radius 2 is 1.78 bits per heavy atom. The van der Waals surface area contributed by atoms with Crippen LogP contribution in [0.2, 0.25) is 0 Å². The predicted octanol–water partition coefficient (Wildman–Crippen LogP) is 1.61. The highest BCUT2D eigenvalue weighted by Gasteiger charge is 2.69. The number of aliphatic hydroxyl groups is 1. The van der Waals surface area contributed by atoms with Gasteiger partial charge in [0.2, 0.25) is 5.91 Å². The number of hydrogen-bond donors (Lipinski definition) is 4. The number of ether oxygens (including phenoxy) is 2. The van der Waals surface area contributed by atoms with Crippen molar-refractivity contribution in [2.75, 3.05) is 27.8 Å². The van der Waals surface area contributed by atoms with Crippen LogP contribution in [0.1, 0.15) is 55.1 Å². The number of nitrogens with zero attached hydrogens (tertiary/aromatic N) is 1. The Balaban J connectivity index is 1.56.